The maximum absolute atomic E-state index is 14.7. The molecule has 0 bridgehead atoms. The van der Waals surface area contributed by atoms with Crippen LogP contribution in [0.2, 0.25) is 0 Å². The van der Waals surface area contributed by atoms with Gasteiger partial charge < -0.3 is 99.0 Å². The summed E-state index contributed by atoms with van der Waals surface area (Å²) in [6.45, 7) is 8.05. The zero-order chi connectivity index (χ0) is 60.3. The maximum Gasteiger partial charge on any atom is 0.326 e. The number of phenols is 1. The van der Waals surface area contributed by atoms with Crippen molar-refractivity contribution in [3.63, 3.8) is 0 Å². The third kappa shape index (κ3) is 30.6. The van der Waals surface area contributed by atoms with E-state index in [-0.39, 0.29) is 126 Å². The monoisotopic (exact) mass is 1130 g/mol. The van der Waals surface area contributed by atoms with Crippen molar-refractivity contribution in [1.82, 2.24) is 37.2 Å². The molecular weight excluding hydrogens is 1040 g/mol. The number of hydrogen-bond donors (Lipinski definition) is 18. The van der Waals surface area contributed by atoms with Crippen molar-refractivity contribution >= 4 is 65.2 Å². The van der Waals surface area contributed by atoms with Crippen molar-refractivity contribution in [2.75, 3.05) is 32.7 Å². The zero-order valence-electron chi connectivity index (χ0n) is 46.9. The van der Waals surface area contributed by atoms with E-state index in [4.69, 9.17) is 51.6 Å². The Kier molecular flexibility index (Phi) is 34.3. The van der Waals surface area contributed by atoms with Gasteiger partial charge in [-0.1, -0.05) is 39.8 Å². The fourth-order valence-corrected chi connectivity index (χ4v) is 8.14. The number of phenolic OH excluding ortho intramolecular Hbond substituents is 1. The van der Waals surface area contributed by atoms with Crippen molar-refractivity contribution in [3.8, 4) is 5.75 Å². The molecule has 0 aliphatic carbocycles. The van der Waals surface area contributed by atoms with E-state index >= 15 is 0 Å². The average molecular weight is 1130 g/mol. The first-order valence-electron chi connectivity index (χ1n) is 27.2. The number of hydrogen-bond acceptors (Lipinski definition) is 15. The highest BCUT2D eigenvalue weighted by molar-refractivity contribution is 5.97. The summed E-state index contributed by atoms with van der Waals surface area (Å²) in [5, 5.41) is 38.7. The quantitative estimate of drug-likeness (QED) is 0.0170. The summed E-state index contributed by atoms with van der Waals surface area (Å²) in [5.41, 5.74) is 51.3. The van der Waals surface area contributed by atoms with Gasteiger partial charge in [-0.25, -0.2) is 4.79 Å². The lowest BCUT2D eigenvalue weighted by molar-refractivity contribution is -0.143. The number of amides is 7. The number of aliphatic imine (C=N–C) groups is 3. The Hall–Kier alpha value is -7.53. The molecule has 1 aromatic carbocycles. The van der Waals surface area contributed by atoms with Gasteiger partial charge >= 0.3 is 5.97 Å². The molecule has 0 saturated heterocycles. The maximum atomic E-state index is 14.7. The molecular formula is C51H93N19O10. The third-order valence-corrected chi connectivity index (χ3v) is 12.3. The van der Waals surface area contributed by atoms with Gasteiger partial charge in [0.05, 0.1) is 6.04 Å². The number of carbonyl (C=O) groups excluding carboxylic acids is 7. The molecule has 0 aliphatic heterocycles. The van der Waals surface area contributed by atoms with Crippen LogP contribution in [0.4, 0.5) is 0 Å². The Morgan fingerprint density at radius 1 is 0.438 bits per heavy atom. The number of benzene rings is 1. The lowest BCUT2D eigenvalue weighted by Crippen LogP contribution is -2.60. The second-order valence-electron chi connectivity index (χ2n) is 20.4. The van der Waals surface area contributed by atoms with E-state index in [0.29, 0.717) is 44.2 Å². The topological polar surface area (TPSA) is 532 Å². The van der Waals surface area contributed by atoms with Crippen LogP contribution in [0.15, 0.2) is 39.2 Å². The van der Waals surface area contributed by atoms with Gasteiger partial charge in [0.15, 0.2) is 17.9 Å². The first kappa shape index (κ1) is 70.5. The van der Waals surface area contributed by atoms with E-state index in [0.717, 1.165) is 0 Å². The van der Waals surface area contributed by atoms with E-state index < -0.39 is 95.7 Å². The van der Waals surface area contributed by atoms with E-state index in [1.165, 1.54) is 24.3 Å². The van der Waals surface area contributed by atoms with Gasteiger partial charge in [0.1, 0.15) is 48.0 Å². The molecule has 80 heavy (non-hydrogen) atoms. The first-order chi connectivity index (χ1) is 37.8. The van der Waals surface area contributed by atoms with Gasteiger partial charge in [0, 0.05) is 26.1 Å². The highest BCUT2D eigenvalue weighted by atomic mass is 16.4. The normalized spacial score (nSPS) is 14.1. The number of aromatic hydroxyl groups is 1. The molecule has 0 spiro atoms. The van der Waals surface area contributed by atoms with Crippen molar-refractivity contribution in [2.24, 2.45) is 78.4 Å². The van der Waals surface area contributed by atoms with Gasteiger partial charge in [0.2, 0.25) is 41.4 Å². The van der Waals surface area contributed by atoms with Crippen LogP contribution in [0.3, 0.4) is 0 Å². The molecule has 0 unspecified atom stereocenters. The summed E-state index contributed by atoms with van der Waals surface area (Å²) in [6, 6.07) is -4.44. The number of nitrogens with one attached hydrogen (secondary N) is 7. The molecule has 27 N–H and O–H groups in total. The van der Waals surface area contributed by atoms with Crippen LogP contribution in [-0.4, -0.2) is 156 Å². The van der Waals surface area contributed by atoms with Gasteiger partial charge in [0.25, 0.3) is 0 Å². The lowest BCUT2D eigenvalue weighted by Gasteiger charge is -2.28. The standard InChI is InChI=1S/C51H93N19O10/c1-29(2)26-33(54)41(72)64-34(12-5-7-21-52)42(73)66-37(15-10-24-62-50(57)58)45(76)69-39(28-31-17-19-32(71)20-18-31)47(78)68-35(13-6-8-22-53)43(74)65-36(14-9-23-61-49(55)56)44(75)67-38(16-11-25-63-51(59)60)46(77)70-40(48(79)80)27-30(3)4/h17-20,29-30,33-40,71H,5-16,21-28,52-54H2,1-4H3,(H,64,72)(H,65,74)(H,66,73)(H,67,75)(H,68,78)(H,69,76)(H,70,77)(H,79,80)(H4,55,56,61)(H4,57,58,62)(H4,59,60,63)/t33-,34-,35-,36-,37-,38-,39-,40-/m0/s1. The number of carboxylic acids is 1. The third-order valence-electron chi connectivity index (χ3n) is 12.3. The summed E-state index contributed by atoms with van der Waals surface area (Å²) in [5.74, 6) is -7.54. The number of carboxylic acid groups (broad SMARTS) is 1. The van der Waals surface area contributed by atoms with Crippen LogP contribution >= 0.6 is 0 Å². The second-order valence-corrected chi connectivity index (χ2v) is 20.4. The smallest absolute Gasteiger partial charge is 0.326 e. The van der Waals surface area contributed by atoms with Crippen LogP contribution in [0, 0.1) is 11.8 Å². The van der Waals surface area contributed by atoms with Crippen molar-refractivity contribution in [2.45, 2.75) is 172 Å². The molecule has 0 saturated carbocycles. The molecule has 1 aromatic rings. The van der Waals surface area contributed by atoms with Crippen LogP contribution in [-0.2, 0) is 44.8 Å². The number of aliphatic carboxylic acids is 1. The SMILES string of the molecule is CC(C)C[C@H](NC(=O)[C@H](CCCN=C(N)N)NC(=O)[C@H](CCCN=C(N)N)NC(=O)[C@H](CCCCN)NC(=O)[C@H](Cc1ccc(O)cc1)NC(=O)[C@H](CCCN=C(N)N)NC(=O)[C@H](CCCCN)NC(=O)[C@@H](N)CC(C)C)C(=O)O. The molecule has 0 heterocycles. The summed E-state index contributed by atoms with van der Waals surface area (Å²) >= 11 is 0. The molecule has 8 atom stereocenters. The number of unbranched alkanes of at least 4 members (excludes halogenated alkanes) is 2. The molecule has 0 radical (unpaired) electrons. The predicted octanol–water partition coefficient (Wildman–Crippen LogP) is -3.75. The Balaban J connectivity index is 3.80. The number of guanidine groups is 3. The average Bonchev–Trinajstić information content (AvgIpc) is 3.37. The summed E-state index contributed by atoms with van der Waals surface area (Å²) in [4.78, 5) is 123. The first-order valence-corrected chi connectivity index (χ1v) is 27.2. The van der Waals surface area contributed by atoms with E-state index in [2.05, 4.69) is 52.2 Å². The minimum absolute atomic E-state index is 0.0131. The van der Waals surface area contributed by atoms with E-state index in [1.807, 2.05) is 13.8 Å². The van der Waals surface area contributed by atoms with Crippen LogP contribution < -0.4 is 88.8 Å². The van der Waals surface area contributed by atoms with Crippen LogP contribution in [0.1, 0.15) is 123 Å². The van der Waals surface area contributed by atoms with Crippen LogP contribution in [0.5, 0.6) is 5.75 Å². The zero-order valence-corrected chi connectivity index (χ0v) is 46.9. The number of carbonyl (C=O) groups is 8. The highest BCUT2D eigenvalue weighted by Gasteiger charge is 2.35. The highest BCUT2D eigenvalue weighted by Crippen LogP contribution is 2.15. The Bertz CT molecular complexity index is 2180. The van der Waals surface area contributed by atoms with Gasteiger partial charge in [-0.05, 0) is 133 Å². The predicted molar refractivity (Wildman–Crippen MR) is 305 cm³/mol. The van der Waals surface area contributed by atoms with E-state index in [1.54, 1.807) is 13.8 Å². The number of nitrogens with zero attached hydrogens (tertiary/aromatic N) is 3. The minimum atomic E-state index is -1.45. The molecule has 0 aliphatic rings. The largest absolute Gasteiger partial charge is 0.508 e. The molecule has 1 rings (SSSR count). The fourth-order valence-electron chi connectivity index (χ4n) is 8.14. The summed E-state index contributed by atoms with van der Waals surface area (Å²) in [7, 11) is 0. The number of nitrogens with two attached hydrogens (primary N) is 9. The molecule has 452 valence electrons. The lowest BCUT2D eigenvalue weighted by atomic mass is 10.0. The Morgan fingerprint density at radius 3 is 1.05 bits per heavy atom. The summed E-state index contributed by atoms with van der Waals surface area (Å²) < 4.78 is 0. The van der Waals surface area contributed by atoms with Crippen molar-refractivity contribution in [3.05, 3.63) is 29.8 Å². The number of rotatable bonds is 41. The van der Waals surface area contributed by atoms with Crippen LogP contribution in [0.25, 0.3) is 0 Å². The second kappa shape index (κ2) is 38.9. The van der Waals surface area contributed by atoms with Gasteiger partial charge in [-0.15, -0.1) is 0 Å². The molecule has 0 aromatic heterocycles. The molecule has 7 amide bonds. The Labute approximate surface area is 468 Å². The van der Waals surface area contributed by atoms with Crippen molar-refractivity contribution < 1.29 is 48.6 Å². The summed E-state index contributed by atoms with van der Waals surface area (Å²) in [6.07, 6.45) is 2.35. The molecule has 29 nitrogen and oxygen atoms in total. The Morgan fingerprint density at radius 2 is 0.738 bits per heavy atom. The molecule has 29 heteroatoms. The van der Waals surface area contributed by atoms with Crippen molar-refractivity contribution in [1.29, 1.82) is 0 Å². The van der Waals surface area contributed by atoms with Gasteiger partial charge in [-0.2, -0.15) is 0 Å². The van der Waals surface area contributed by atoms with Gasteiger partial charge in [-0.3, -0.25) is 48.5 Å². The minimum Gasteiger partial charge on any atom is -0.508 e. The molecule has 0 fully saturated rings. The fraction of sp³-hybridized carbons (Fsp3) is 0.667. The van der Waals surface area contributed by atoms with E-state index in [9.17, 15) is 48.6 Å².